The van der Waals surface area contributed by atoms with E-state index in [-0.39, 0.29) is 0 Å². The molecule has 2 heterocycles. The second kappa shape index (κ2) is 3.00. The highest BCUT2D eigenvalue weighted by Gasteiger charge is 2.39. The maximum absolute atomic E-state index is 10.6. The van der Waals surface area contributed by atoms with Gasteiger partial charge < -0.3 is 13.9 Å². The van der Waals surface area contributed by atoms with Crippen molar-refractivity contribution in [3.63, 3.8) is 0 Å². The van der Waals surface area contributed by atoms with Gasteiger partial charge in [-0.15, -0.1) is 0 Å². The average Bonchev–Trinajstić information content (AvgIpc) is 2.89. The van der Waals surface area contributed by atoms with Crippen LogP contribution >= 0.6 is 0 Å². The van der Waals surface area contributed by atoms with E-state index in [2.05, 4.69) is 0 Å². The van der Waals surface area contributed by atoms with Gasteiger partial charge in [0.1, 0.15) is 5.76 Å². The average molecular weight is 204 g/mol. The molecular weight excluding hydrogens is 192 g/mol. The van der Waals surface area contributed by atoms with Gasteiger partial charge in [-0.05, 0) is 37.0 Å². The number of furan rings is 2. The first-order valence-corrected chi connectivity index (χ1v) is 5.12. The molecule has 0 aromatic carbocycles. The van der Waals surface area contributed by atoms with Gasteiger partial charge in [-0.2, -0.15) is 0 Å². The molecule has 0 spiro atoms. The zero-order valence-electron chi connectivity index (χ0n) is 8.27. The lowest BCUT2D eigenvalue weighted by Crippen LogP contribution is -2.30. The molecule has 1 N–H and O–H groups in total. The third kappa shape index (κ3) is 1.16. The van der Waals surface area contributed by atoms with Gasteiger partial charge in [0.25, 0.3) is 0 Å². The fraction of sp³-hybridized carbons (Fsp3) is 0.333. The molecule has 0 fully saturated rings. The Bertz CT molecular complexity index is 455. The molecule has 0 saturated heterocycles. The number of aryl methyl sites for hydroxylation is 1. The van der Waals surface area contributed by atoms with Gasteiger partial charge in [-0.3, -0.25) is 0 Å². The van der Waals surface area contributed by atoms with Crippen molar-refractivity contribution >= 4 is 0 Å². The Hall–Kier alpha value is -1.48. The molecule has 0 radical (unpaired) electrons. The maximum atomic E-state index is 10.6. The van der Waals surface area contributed by atoms with Gasteiger partial charge in [-0.1, -0.05) is 0 Å². The topological polar surface area (TPSA) is 46.5 Å². The standard InChI is InChI=1S/C12H12O3/c13-12(10-4-6-14-8-10)5-1-2-9-3-7-15-11(9)12/h3-4,6-8,13H,1-2,5H2. The highest BCUT2D eigenvalue weighted by Crippen LogP contribution is 2.40. The summed E-state index contributed by atoms with van der Waals surface area (Å²) in [6, 6.07) is 3.72. The summed E-state index contributed by atoms with van der Waals surface area (Å²) in [4.78, 5) is 0. The van der Waals surface area contributed by atoms with Gasteiger partial charge in [0.15, 0.2) is 5.60 Å². The minimum atomic E-state index is -0.996. The molecule has 2 aromatic heterocycles. The highest BCUT2D eigenvalue weighted by atomic mass is 16.4. The first-order chi connectivity index (χ1) is 7.31. The van der Waals surface area contributed by atoms with Crippen LogP contribution in [0.2, 0.25) is 0 Å². The Morgan fingerprint density at radius 1 is 1.27 bits per heavy atom. The van der Waals surface area contributed by atoms with Crippen LogP contribution in [0.15, 0.2) is 39.8 Å². The minimum absolute atomic E-state index is 0.676. The molecule has 3 heteroatoms. The fourth-order valence-corrected chi connectivity index (χ4v) is 2.32. The van der Waals surface area contributed by atoms with Crippen LogP contribution in [0.3, 0.4) is 0 Å². The number of fused-ring (bicyclic) bond motifs is 1. The van der Waals surface area contributed by atoms with Crippen LogP contribution in [0.25, 0.3) is 0 Å². The van der Waals surface area contributed by atoms with Crippen molar-refractivity contribution in [1.29, 1.82) is 0 Å². The third-order valence-corrected chi connectivity index (χ3v) is 3.11. The number of hydrogen-bond donors (Lipinski definition) is 1. The Morgan fingerprint density at radius 3 is 3.00 bits per heavy atom. The van der Waals surface area contributed by atoms with Crippen molar-refractivity contribution < 1.29 is 13.9 Å². The third-order valence-electron chi connectivity index (χ3n) is 3.11. The summed E-state index contributed by atoms with van der Waals surface area (Å²) >= 11 is 0. The van der Waals surface area contributed by atoms with E-state index in [4.69, 9.17) is 8.83 Å². The summed E-state index contributed by atoms with van der Waals surface area (Å²) < 4.78 is 10.4. The molecule has 1 aliphatic carbocycles. The van der Waals surface area contributed by atoms with E-state index in [0.717, 1.165) is 24.0 Å². The van der Waals surface area contributed by atoms with Crippen LogP contribution < -0.4 is 0 Å². The minimum Gasteiger partial charge on any atom is -0.472 e. The Labute approximate surface area is 87.3 Å². The normalized spacial score (nSPS) is 25.1. The first kappa shape index (κ1) is 8.80. The van der Waals surface area contributed by atoms with E-state index in [1.54, 1.807) is 24.9 Å². The van der Waals surface area contributed by atoms with Gasteiger partial charge in [0.2, 0.25) is 0 Å². The van der Waals surface area contributed by atoms with Crippen molar-refractivity contribution in [1.82, 2.24) is 0 Å². The maximum Gasteiger partial charge on any atom is 0.150 e. The van der Waals surface area contributed by atoms with E-state index in [0.29, 0.717) is 12.2 Å². The second-order valence-electron chi connectivity index (χ2n) is 4.00. The van der Waals surface area contributed by atoms with Crippen molar-refractivity contribution in [3.05, 3.63) is 47.8 Å². The molecular formula is C12H12O3. The van der Waals surface area contributed by atoms with Crippen LogP contribution in [-0.4, -0.2) is 5.11 Å². The largest absolute Gasteiger partial charge is 0.472 e. The molecule has 0 amide bonds. The molecule has 2 aromatic rings. The van der Waals surface area contributed by atoms with E-state index in [1.807, 2.05) is 6.07 Å². The van der Waals surface area contributed by atoms with Crippen molar-refractivity contribution in [2.45, 2.75) is 24.9 Å². The zero-order valence-corrected chi connectivity index (χ0v) is 8.27. The predicted octanol–water partition coefficient (Wildman–Crippen LogP) is 2.44. The van der Waals surface area contributed by atoms with Crippen LogP contribution in [0.1, 0.15) is 29.7 Å². The number of aliphatic hydroxyl groups is 1. The lowest BCUT2D eigenvalue weighted by molar-refractivity contribution is 0.0374. The smallest absolute Gasteiger partial charge is 0.150 e. The molecule has 15 heavy (non-hydrogen) atoms. The SMILES string of the molecule is OC1(c2ccoc2)CCCc2ccoc21. The second-order valence-corrected chi connectivity index (χ2v) is 4.00. The summed E-state index contributed by atoms with van der Waals surface area (Å²) in [5, 5.41) is 10.6. The highest BCUT2D eigenvalue weighted by molar-refractivity contribution is 5.35. The first-order valence-electron chi connectivity index (χ1n) is 5.12. The lowest BCUT2D eigenvalue weighted by Gasteiger charge is -2.29. The Morgan fingerprint density at radius 2 is 2.20 bits per heavy atom. The molecule has 0 aliphatic heterocycles. The molecule has 3 nitrogen and oxygen atoms in total. The van der Waals surface area contributed by atoms with E-state index >= 15 is 0 Å². The van der Waals surface area contributed by atoms with Gasteiger partial charge >= 0.3 is 0 Å². The monoisotopic (exact) mass is 204 g/mol. The summed E-state index contributed by atoms with van der Waals surface area (Å²) in [5.74, 6) is 0.676. The fourth-order valence-electron chi connectivity index (χ4n) is 2.32. The number of rotatable bonds is 1. The van der Waals surface area contributed by atoms with Crippen LogP contribution in [0.4, 0.5) is 0 Å². The molecule has 78 valence electrons. The van der Waals surface area contributed by atoms with Crippen molar-refractivity contribution in [2.24, 2.45) is 0 Å². The quantitative estimate of drug-likeness (QED) is 0.776. The van der Waals surface area contributed by atoms with Gasteiger partial charge in [-0.25, -0.2) is 0 Å². The Kier molecular flexibility index (Phi) is 1.76. The van der Waals surface area contributed by atoms with E-state index < -0.39 is 5.60 Å². The van der Waals surface area contributed by atoms with Crippen LogP contribution in [-0.2, 0) is 12.0 Å². The summed E-state index contributed by atoms with van der Waals surface area (Å²) in [7, 11) is 0. The van der Waals surface area contributed by atoms with Crippen molar-refractivity contribution in [2.75, 3.05) is 0 Å². The molecule has 0 bridgehead atoms. The molecule has 1 unspecified atom stereocenters. The van der Waals surface area contributed by atoms with E-state index in [9.17, 15) is 5.11 Å². The Balaban J connectivity index is 2.15. The van der Waals surface area contributed by atoms with Crippen molar-refractivity contribution in [3.8, 4) is 0 Å². The summed E-state index contributed by atoms with van der Waals surface area (Å²) in [6.45, 7) is 0. The summed E-state index contributed by atoms with van der Waals surface area (Å²) in [5.41, 5.74) is 0.882. The number of hydrogen-bond acceptors (Lipinski definition) is 3. The lowest BCUT2D eigenvalue weighted by atomic mass is 9.81. The zero-order chi connectivity index (χ0) is 10.3. The molecule has 1 aliphatic rings. The summed E-state index contributed by atoms with van der Waals surface area (Å²) in [6.07, 6.45) is 7.43. The van der Waals surface area contributed by atoms with Crippen LogP contribution in [0, 0.1) is 0 Å². The predicted molar refractivity (Wildman–Crippen MR) is 53.4 cm³/mol. The van der Waals surface area contributed by atoms with Gasteiger partial charge in [0, 0.05) is 5.56 Å². The molecule has 0 saturated carbocycles. The van der Waals surface area contributed by atoms with E-state index in [1.165, 1.54) is 0 Å². The van der Waals surface area contributed by atoms with Gasteiger partial charge in [0.05, 0.1) is 18.8 Å². The molecule has 1 atom stereocenters. The molecule has 3 rings (SSSR count). The van der Waals surface area contributed by atoms with Crippen LogP contribution in [0.5, 0.6) is 0 Å².